The number of hydrogen-bond donors (Lipinski definition) is 2. The van der Waals surface area contributed by atoms with E-state index in [0.29, 0.717) is 16.3 Å². The molecule has 1 aliphatic heterocycles. The summed E-state index contributed by atoms with van der Waals surface area (Å²) in [7, 11) is 0. The number of hydrazone groups is 1. The van der Waals surface area contributed by atoms with Crippen LogP contribution in [0.15, 0.2) is 82.5 Å². The van der Waals surface area contributed by atoms with Crippen molar-refractivity contribution in [1.82, 2.24) is 15.0 Å². The maximum atomic E-state index is 13.0. The summed E-state index contributed by atoms with van der Waals surface area (Å²) in [5.41, 5.74) is 0.339. The number of amides is 1. The summed E-state index contributed by atoms with van der Waals surface area (Å²) in [6.45, 7) is 0. The average molecular weight is 488 g/mol. The molecule has 2 atom stereocenters. The van der Waals surface area contributed by atoms with E-state index in [9.17, 15) is 15.2 Å². The molecule has 4 aromatic rings. The number of nitriles is 2. The van der Waals surface area contributed by atoms with Gasteiger partial charge in [-0.25, -0.2) is 20.0 Å². The van der Waals surface area contributed by atoms with Gasteiger partial charge in [-0.1, -0.05) is 24.3 Å². The first-order chi connectivity index (χ1) is 18.1. The van der Waals surface area contributed by atoms with Gasteiger partial charge in [0.1, 0.15) is 23.5 Å². The van der Waals surface area contributed by atoms with Crippen LogP contribution < -0.4 is 10.3 Å². The molecule has 2 unspecified atom stereocenters. The standard InChI is InChI=1S/C25H16N10O2/c26-11-15-6-7-20(30-13-15)32-24(37)19-10-16-4-1-2-5-18(16)21(22(19)36)33-34-23-17(12-27)14-31-35(23)25-28-8-3-9-29-25/h1-10,13-14,17,23,36H,(H,30,32,37)/b34-33+. The summed E-state index contributed by atoms with van der Waals surface area (Å²) in [5.74, 6) is -1.33. The third kappa shape index (κ3) is 4.50. The summed E-state index contributed by atoms with van der Waals surface area (Å²) in [4.78, 5) is 25.4. The molecular formula is C25H16N10O2. The first kappa shape index (κ1) is 23.0. The highest BCUT2D eigenvalue weighted by molar-refractivity contribution is 6.11. The highest BCUT2D eigenvalue weighted by Crippen LogP contribution is 2.39. The molecule has 3 heterocycles. The number of phenolic OH excluding ortho intramolecular Hbond substituents is 1. The Balaban J connectivity index is 1.52. The van der Waals surface area contributed by atoms with Crippen LogP contribution in [-0.2, 0) is 0 Å². The number of carbonyl (C=O) groups excluding carboxylic acids is 1. The second kappa shape index (κ2) is 9.85. The number of aromatic hydroxyl groups is 1. The Morgan fingerprint density at radius 1 is 1.08 bits per heavy atom. The largest absolute Gasteiger partial charge is 0.505 e. The maximum absolute atomic E-state index is 13.0. The second-order valence-corrected chi connectivity index (χ2v) is 7.78. The lowest BCUT2D eigenvalue weighted by atomic mass is 10.0. The molecule has 0 aliphatic carbocycles. The molecule has 1 amide bonds. The molecule has 0 saturated carbocycles. The molecule has 0 spiro atoms. The van der Waals surface area contributed by atoms with Crippen LogP contribution in [0.3, 0.4) is 0 Å². The molecule has 0 saturated heterocycles. The molecule has 0 bridgehead atoms. The number of carbonyl (C=O) groups is 1. The number of aromatic nitrogens is 3. The minimum atomic E-state index is -0.883. The van der Waals surface area contributed by atoms with E-state index in [0.717, 1.165) is 0 Å². The van der Waals surface area contributed by atoms with Crippen LogP contribution in [0.25, 0.3) is 10.8 Å². The number of nitrogens with zero attached hydrogens (tertiary/aromatic N) is 9. The molecule has 2 aromatic carbocycles. The number of pyridine rings is 1. The van der Waals surface area contributed by atoms with Gasteiger partial charge in [0.15, 0.2) is 11.9 Å². The Morgan fingerprint density at radius 3 is 2.62 bits per heavy atom. The zero-order valence-electron chi connectivity index (χ0n) is 19.0. The van der Waals surface area contributed by atoms with Crippen LogP contribution >= 0.6 is 0 Å². The van der Waals surface area contributed by atoms with E-state index in [4.69, 9.17) is 5.26 Å². The van der Waals surface area contributed by atoms with E-state index in [1.807, 2.05) is 6.07 Å². The fraction of sp³-hybridized carbons (Fsp3) is 0.0800. The highest BCUT2D eigenvalue weighted by Gasteiger charge is 2.34. The van der Waals surface area contributed by atoms with Crippen LogP contribution in [0.1, 0.15) is 15.9 Å². The molecular weight excluding hydrogens is 472 g/mol. The Kier molecular flexibility index (Phi) is 6.13. The first-order valence-electron chi connectivity index (χ1n) is 10.9. The number of rotatable bonds is 5. The van der Waals surface area contributed by atoms with Gasteiger partial charge in [0.2, 0.25) is 5.95 Å². The lowest BCUT2D eigenvalue weighted by molar-refractivity contribution is 0.102. The molecule has 178 valence electrons. The van der Waals surface area contributed by atoms with Crippen LogP contribution in [0.4, 0.5) is 17.5 Å². The van der Waals surface area contributed by atoms with Gasteiger partial charge < -0.3 is 10.4 Å². The van der Waals surface area contributed by atoms with Gasteiger partial charge in [0.05, 0.1) is 17.2 Å². The predicted octanol–water partition coefficient (Wildman–Crippen LogP) is 3.91. The zero-order valence-corrected chi connectivity index (χ0v) is 19.0. The van der Waals surface area contributed by atoms with Crippen molar-refractivity contribution in [2.24, 2.45) is 21.2 Å². The van der Waals surface area contributed by atoms with Crippen molar-refractivity contribution in [2.45, 2.75) is 6.17 Å². The van der Waals surface area contributed by atoms with Gasteiger partial charge in [-0.05, 0) is 29.7 Å². The normalized spacial score (nSPS) is 16.5. The predicted molar refractivity (Wildman–Crippen MR) is 133 cm³/mol. The van der Waals surface area contributed by atoms with Crippen molar-refractivity contribution in [3.05, 3.63) is 78.2 Å². The summed E-state index contributed by atoms with van der Waals surface area (Å²) in [5, 5.41) is 47.5. The van der Waals surface area contributed by atoms with Crippen LogP contribution in [-0.4, -0.2) is 38.3 Å². The van der Waals surface area contributed by atoms with E-state index in [1.165, 1.54) is 48.0 Å². The number of benzene rings is 2. The van der Waals surface area contributed by atoms with E-state index in [1.54, 1.807) is 30.3 Å². The smallest absolute Gasteiger partial charge is 0.260 e. The van der Waals surface area contributed by atoms with Crippen molar-refractivity contribution in [2.75, 3.05) is 10.3 Å². The Bertz CT molecular complexity index is 1620. The van der Waals surface area contributed by atoms with Gasteiger partial charge in [-0.3, -0.25) is 4.79 Å². The molecule has 0 fully saturated rings. The number of hydrogen-bond acceptors (Lipinski definition) is 11. The van der Waals surface area contributed by atoms with Gasteiger partial charge >= 0.3 is 0 Å². The molecule has 2 N–H and O–H groups in total. The maximum Gasteiger partial charge on any atom is 0.260 e. The van der Waals surface area contributed by atoms with Crippen molar-refractivity contribution in [1.29, 1.82) is 10.5 Å². The van der Waals surface area contributed by atoms with Crippen LogP contribution in [0.5, 0.6) is 5.75 Å². The third-order valence-corrected chi connectivity index (χ3v) is 5.48. The summed E-state index contributed by atoms with van der Waals surface area (Å²) >= 11 is 0. The van der Waals surface area contributed by atoms with Crippen LogP contribution in [0, 0.1) is 28.6 Å². The van der Waals surface area contributed by atoms with E-state index >= 15 is 0 Å². The molecule has 12 nitrogen and oxygen atoms in total. The second-order valence-electron chi connectivity index (χ2n) is 7.78. The number of fused-ring (bicyclic) bond motifs is 1. The number of phenols is 1. The number of anilines is 2. The number of azo groups is 1. The summed E-state index contributed by atoms with van der Waals surface area (Å²) < 4.78 is 0. The topological polar surface area (TPSA) is 176 Å². The van der Waals surface area contributed by atoms with Gasteiger partial charge in [-0.2, -0.15) is 20.7 Å². The SMILES string of the molecule is N#Cc1ccc(NC(=O)c2cc3ccccc3c(/N=N/C3C(C#N)C=NN3c3ncccn3)c2O)nc1. The van der Waals surface area contributed by atoms with Gasteiger partial charge in [0.25, 0.3) is 5.91 Å². The van der Waals surface area contributed by atoms with E-state index in [-0.39, 0.29) is 23.0 Å². The minimum absolute atomic E-state index is 0.0496. The van der Waals surface area contributed by atoms with Crippen molar-refractivity contribution in [3.63, 3.8) is 0 Å². The fourth-order valence-electron chi connectivity index (χ4n) is 3.67. The van der Waals surface area contributed by atoms with E-state index in [2.05, 4.69) is 41.7 Å². The molecule has 37 heavy (non-hydrogen) atoms. The Hall–Kier alpha value is -5.75. The van der Waals surface area contributed by atoms with Gasteiger partial charge in [0, 0.05) is 30.2 Å². The minimum Gasteiger partial charge on any atom is -0.505 e. The van der Waals surface area contributed by atoms with Crippen LogP contribution in [0.2, 0.25) is 0 Å². The van der Waals surface area contributed by atoms with Crippen molar-refractivity contribution < 1.29 is 9.90 Å². The average Bonchev–Trinajstić information content (AvgIpc) is 3.36. The quantitative estimate of drug-likeness (QED) is 0.397. The fourth-order valence-corrected chi connectivity index (χ4v) is 3.67. The molecule has 5 rings (SSSR count). The highest BCUT2D eigenvalue weighted by atomic mass is 16.3. The zero-order chi connectivity index (χ0) is 25.8. The monoisotopic (exact) mass is 488 g/mol. The van der Waals surface area contributed by atoms with E-state index < -0.39 is 23.7 Å². The van der Waals surface area contributed by atoms with Crippen molar-refractivity contribution >= 4 is 40.3 Å². The summed E-state index contributed by atoms with van der Waals surface area (Å²) in [6.07, 6.45) is 4.94. The Labute approximate surface area is 209 Å². The third-order valence-electron chi connectivity index (χ3n) is 5.48. The molecule has 0 radical (unpaired) electrons. The lowest BCUT2D eigenvalue weighted by Gasteiger charge is -2.18. The van der Waals surface area contributed by atoms with Gasteiger partial charge in [-0.15, -0.1) is 5.11 Å². The Morgan fingerprint density at radius 2 is 1.89 bits per heavy atom. The molecule has 1 aliphatic rings. The molecule has 12 heteroatoms. The van der Waals surface area contributed by atoms with Crippen molar-refractivity contribution in [3.8, 4) is 17.9 Å². The molecule has 2 aromatic heterocycles. The first-order valence-corrected chi connectivity index (χ1v) is 10.9. The summed E-state index contributed by atoms with van der Waals surface area (Å²) in [6, 6.07) is 17.3. The lowest BCUT2D eigenvalue weighted by Crippen LogP contribution is -2.30. The number of nitrogens with one attached hydrogen (secondary N) is 1.